The molecule has 1 aliphatic rings. The summed E-state index contributed by atoms with van der Waals surface area (Å²) in [4.78, 5) is 0. The lowest BCUT2D eigenvalue weighted by Gasteiger charge is -2.12. The highest BCUT2D eigenvalue weighted by Crippen LogP contribution is 2.07. The van der Waals surface area contributed by atoms with Gasteiger partial charge in [0.2, 0.25) is 0 Å². The van der Waals surface area contributed by atoms with Crippen molar-refractivity contribution >= 4 is 9.84 Å². The van der Waals surface area contributed by atoms with E-state index in [2.05, 4.69) is 5.32 Å². The van der Waals surface area contributed by atoms with Gasteiger partial charge in [-0.05, 0) is 0 Å². The van der Waals surface area contributed by atoms with Crippen molar-refractivity contribution in [3.8, 4) is 0 Å². The molecule has 0 amide bonds. The summed E-state index contributed by atoms with van der Waals surface area (Å²) in [7, 11) is -3.04. The molecule has 2 atom stereocenters. The second-order valence-electron chi connectivity index (χ2n) is 3.01. The van der Waals surface area contributed by atoms with E-state index in [1.54, 1.807) is 6.08 Å². The Morgan fingerprint density at radius 1 is 1.62 bits per heavy atom. The highest BCUT2D eigenvalue weighted by Gasteiger charge is 2.21. The molecule has 1 aliphatic heterocycles. The molecule has 0 aromatic heterocycles. The third-order valence-electron chi connectivity index (χ3n) is 1.76. The van der Waals surface area contributed by atoms with Crippen LogP contribution in [-0.4, -0.2) is 49.7 Å². The first-order valence-electron chi connectivity index (χ1n) is 3.97. The standard InChI is InChI=1S/C7H13NO4S/c9-4-7(10)3-8-6-1-2-13(11,12)5-6/h1-2,6-10H,3-5H2/t6?,7-/m0/s1. The van der Waals surface area contributed by atoms with Crippen LogP contribution in [0.2, 0.25) is 0 Å². The van der Waals surface area contributed by atoms with Crippen molar-refractivity contribution in [1.29, 1.82) is 0 Å². The van der Waals surface area contributed by atoms with E-state index >= 15 is 0 Å². The summed E-state index contributed by atoms with van der Waals surface area (Å²) >= 11 is 0. The summed E-state index contributed by atoms with van der Waals surface area (Å²) in [5, 5.41) is 21.4. The maximum Gasteiger partial charge on any atom is 0.173 e. The maximum absolute atomic E-state index is 10.9. The van der Waals surface area contributed by atoms with Gasteiger partial charge < -0.3 is 15.5 Å². The summed E-state index contributed by atoms with van der Waals surface area (Å²) in [6.07, 6.45) is 0.705. The van der Waals surface area contributed by atoms with Crippen LogP contribution in [-0.2, 0) is 9.84 Å². The van der Waals surface area contributed by atoms with Crippen molar-refractivity contribution in [2.45, 2.75) is 12.1 Å². The minimum atomic E-state index is -3.04. The van der Waals surface area contributed by atoms with Gasteiger partial charge in [0.1, 0.15) is 0 Å². The Morgan fingerprint density at radius 3 is 2.77 bits per heavy atom. The lowest BCUT2D eigenvalue weighted by Crippen LogP contribution is -2.37. The lowest BCUT2D eigenvalue weighted by molar-refractivity contribution is 0.0936. The molecular formula is C7H13NO4S. The number of rotatable bonds is 4. The molecule has 6 heteroatoms. The van der Waals surface area contributed by atoms with E-state index in [-0.39, 0.29) is 24.9 Å². The largest absolute Gasteiger partial charge is 0.394 e. The van der Waals surface area contributed by atoms with Crippen molar-refractivity contribution in [3.63, 3.8) is 0 Å². The van der Waals surface area contributed by atoms with Crippen molar-refractivity contribution in [3.05, 3.63) is 11.5 Å². The van der Waals surface area contributed by atoms with E-state index in [1.807, 2.05) is 0 Å². The van der Waals surface area contributed by atoms with Crippen LogP contribution in [0.25, 0.3) is 0 Å². The minimum Gasteiger partial charge on any atom is -0.394 e. The monoisotopic (exact) mass is 207 g/mol. The minimum absolute atomic E-state index is 0.0329. The van der Waals surface area contributed by atoms with Gasteiger partial charge in [-0.2, -0.15) is 0 Å². The Hall–Kier alpha value is -0.430. The van der Waals surface area contributed by atoms with Crippen LogP contribution in [0.3, 0.4) is 0 Å². The molecule has 1 rings (SSSR count). The van der Waals surface area contributed by atoms with E-state index in [4.69, 9.17) is 10.2 Å². The molecule has 0 aliphatic carbocycles. The van der Waals surface area contributed by atoms with Crippen molar-refractivity contribution in [2.24, 2.45) is 0 Å². The molecule has 1 heterocycles. The van der Waals surface area contributed by atoms with Crippen LogP contribution in [0.1, 0.15) is 0 Å². The number of hydrogen-bond donors (Lipinski definition) is 3. The van der Waals surface area contributed by atoms with E-state index in [9.17, 15) is 8.42 Å². The first kappa shape index (κ1) is 10.6. The Bertz CT molecular complexity index is 285. The highest BCUT2D eigenvalue weighted by atomic mass is 32.2. The number of nitrogens with one attached hydrogen (secondary N) is 1. The van der Waals surface area contributed by atoms with Crippen LogP contribution in [0.15, 0.2) is 11.5 Å². The summed E-state index contributed by atoms with van der Waals surface area (Å²) in [5.41, 5.74) is 0. The van der Waals surface area contributed by atoms with Gasteiger partial charge in [-0.15, -0.1) is 0 Å². The average Bonchev–Trinajstić information content (AvgIpc) is 2.41. The van der Waals surface area contributed by atoms with Crippen molar-refractivity contribution < 1.29 is 18.6 Å². The van der Waals surface area contributed by atoms with Crippen LogP contribution < -0.4 is 5.32 Å². The Kier molecular flexibility index (Phi) is 3.43. The molecule has 1 unspecified atom stereocenters. The molecule has 13 heavy (non-hydrogen) atoms. The van der Waals surface area contributed by atoms with Gasteiger partial charge in [0.25, 0.3) is 0 Å². The average molecular weight is 207 g/mol. The van der Waals surface area contributed by atoms with Crippen LogP contribution in [0.4, 0.5) is 0 Å². The predicted molar refractivity (Wildman–Crippen MR) is 47.8 cm³/mol. The van der Waals surface area contributed by atoms with Crippen molar-refractivity contribution in [2.75, 3.05) is 18.9 Å². The molecule has 3 N–H and O–H groups in total. The first-order valence-corrected chi connectivity index (χ1v) is 5.68. The Labute approximate surface area is 77.0 Å². The second-order valence-corrected chi connectivity index (χ2v) is 4.94. The zero-order chi connectivity index (χ0) is 9.90. The van der Waals surface area contributed by atoms with Gasteiger partial charge in [0.15, 0.2) is 9.84 Å². The molecule has 0 aromatic rings. The van der Waals surface area contributed by atoms with E-state index in [1.165, 1.54) is 0 Å². The summed E-state index contributed by atoms with van der Waals surface area (Å²) < 4.78 is 21.8. The SMILES string of the molecule is O=S1(=O)C=CC(NC[C@H](O)CO)C1. The number of hydrogen-bond acceptors (Lipinski definition) is 5. The number of aliphatic hydroxyl groups excluding tert-OH is 2. The fraction of sp³-hybridized carbons (Fsp3) is 0.714. The van der Waals surface area contributed by atoms with E-state index < -0.39 is 15.9 Å². The summed E-state index contributed by atoms with van der Waals surface area (Å²) in [6.45, 7) is -0.128. The van der Waals surface area contributed by atoms with Gasteiger partial charge in [0, 0.05) is 18.0 Å². The highest BCUT2D eigenvalue weighted by molar-refractivity contribution is 7.94. The second kappa shape index (κ2) is 4.19. The molecule has 76 valence electrons. The quantitative estimate of drug-likeness (QED) is 0.508. The molecule has 0 bridgehead atoms. The summed E-state index contributed by atoms with van der Waals surface area (Å²) in [6, 6.07) is -0.244. The zero-order valence-corrected chi connectivity index (χ0v) is 7.87. The van der Waals surface area contributed by atoms with Gasteiger partial charge in [0.05, 0.1) is 18.5 Å². The molecule has 0 saturated heterocycles. The van der Waals surface area contributed by atoms with Crippen LogP contribution >= 0.6 is 0 Å². The summed E-state index contributed by atoms with van der Waals surface area (Å²) in [5.74, 6) is 0.0329. The molecule has 0 fully saturated rings. The predicted octanol–water partition coefficient (Wildman–Crippen LogP) is -1.76. The Morgan fingerprint density at radius 2 is 2.31 bits per heavy atom. The fourth-order valence-electron chi connectivity index (χ4n) is 1.05. The third kappa shape index (κ3) is 3.43. The van der Waals surface area contributed by atoms with Crippen LogP contribution in [0, 0.1) is 0 Å². The van der Waals surface area contributed by atoms with Crippen LogP contribution in [0.5, 0.6) is 0 Å². The third-order valence-corrected chi connectivity index (χ3v) is 3.15. The van der Waals surface area contributed by atoms with E-state index in [0.717, 1.165) is 5.41 Å². The van der Waals surface area contributed by atoms with Gasteiger partial charge in [-0.1, -0.05) is 6.08 Å². The zero-order valence-electron chi connectivity index (χ0n) is 7.05. The molecule has 0 aromatic carbocycles. The molecule has 5 nitrogen and oxygen atoms in total. The van der Waals surface area contributed by atoms with Gasteiger partial charge in [-0.25, -0.2) is 8.42 Å². The molecule has 0 radical (unpaired) electrons. The molecule has 0 saturated carbocycles. The normalized spacial score (nSPS) is 27.7. The van der Waals surface area contributed by atoms with Gasteiger partial charge >= 0.3 is 0 Å². The topological polar surface area (TPSA) is 86.6 Å². The van der Waals surface area contributed by atoms with Crippen molar-refractivity contribution in [1.82, 2.24) is 5.32 Å². The smallest absolute Gasteiger partial charge is 0.173 e. The number of sulfone groups is 1. The maximum atomic E-state index is 10.9. The molecular weight excluding hydrogens is 194 g/mol. The van der Waals surface area contributed by atoms with E-state index in [0.29, 0.717) is 0 Å². The lowest BCUT2D eigenvalue weighted by atomic mass is 10.3. The fourth-order valence-corrected chi connectivity index (χ4v) is 2.32. The number of aliphatic hydroxyl groups is 2. The van der Waals surface area contributed by atoms with Gasteiger partial charge in [-0.3, -0.25) is 0 Å². The Balaban J connectivity index is 2.30. The molecule has 0 spiro atoms. The first-order chi connectivity index (χ1) is 6.03.